The number of rotatable bonds is 1. The van der Waals surface area contributed by atoms with Crippen molar-refractivity contribution in [1.82, 2.24) is 5.32 Å². The summed E-state index contributed by atoms with van der Waals surface area (Å²) in [6.45, 7) is 6.44. The quantitative estimate of drug-likeness (QED) is 0.752. The Balaban J connectivity index is 2.25. The Hall–Kier alpha value is -1.09. The number of para-hydroxylation sites is 1. The van der Waals surface area contributed by atoms with E-state index in [1.54, 1.807) is 0 Å². The van der Waals surface area contributed by atoms with Crippen LogP contribution in [0.5, 0.6) is 0 Å². The number of anilines is 1. The summed E-state index contributed by atoms with van der Waals surface area (Å²) < 4.78 is 0. The van der Waals surface area contributed by atoms with Crippen LogP contribution in [0.25, 0.3) is 0 Å². The number of nitrogens with zero attached hydrogens (tertiary/aromatic N) is 1. The Labute approximate surface area is 103 Å². The highest BCUT2D eigenvalue weighted by atomic mass is 32.1. The predicted octanol–water partition coefficient (Wildman–Crippen LogP) is 2.72. The number of thiocarbonyl (C=S) groups is 1. The van der Waals surface area contributed by atoms with Gasteiger partial charge in [0.25, 0.3) is 0 Å². The molecular weight excluding hydrogens is 216 g/mol. The van der Waals surface area contributed by atoms with Gasteiger partial charge in [-0.1, -0.05) is 18.2 Å². The lowest BCUT2D eigenvalue weighted by molar-refractivity contribution is 0.703. The van der Waals surface area contributed by atoms with Gasteiger partial charge in [0.1, 0.15) is 0 Å². The Morgan fingerprint density at radius 2 is 2.12 bits per heavy atom. The average molecular weight is 234 g/mol. The van der Waals surface area contributed by atoms with Gasteiger partial charge in [0, 0.05) is 17.8 Å². The van der Waals surface area contributed by atoms with E-state index in [1.165, 1.54) is 11.3 Å². The van der Waals surface area contributed by atoms with Gasteiger partial charge in [-0.2, -0.15) is 0 Å². The SMILES string of the molecule is CC(C)NC(=S)N1c2ccccc2C[C@@H]1C. The third-order valence-corrected chi connectivity index (χ3v) is 3.15. The molecule has 2 rings (SSSR count). The van der Waals surface area contributed by atoms with Crippen LogP contribution >= 0.6 is 12.2 Å². The highest BCUT2D eigenvalue weighted by Gasteiger charge is 2.28. The zero-order valence-electron chi connectivity index (χ0n) is 10.0. The zero-order valence-corrected chi connectivity index (χ0v) is 10.8. The standard InChI is InChI=1S/C13H18N2S/c1-9(2)14-13(16)15-10(3)8-11-6-4-5-7-12(11)15/h4-7,9-10H,8H2,1-3H3,(H,14,16)/t10-/m0/s1. The first kappa shape index (κ1) is 11.4. The van der Waals surface area contributed by atoms with Gasteiger partial charge >= 0.3 is 0 Å². The molecule has 0 saturated carbocycles. The third kappa shape index (κ3) is 2.05. The third-order valence-electron chi connectivity index (χ3n) is 2.84. The molecule has 0 saturated heterocycles. The summed E-state index contributed by atoms with van der Waals surface area (Å²) >= 11 is 5.46. The lowest BCUT2D eigenvalue weighted by Gasteiger charge is -2.27. The summed E-state index contributed by atoms with van der Waals surface area (Å²) in [5.41, 5.74) is 2.65. The van der Waals surface area contributed by atoms with E-state index >= 15 is 0 Å². The van der Waals surface area contributed by atoms with Gasteiger partial charge in [-0.15, -0.1) is 0 Å². The Bertz CT molecular complexity index is 401. The molecular formula is C13H18N2S. The van der Waals surface area contributed by atoms with Gasteiger partial charge in [0.2, 0.25) is 0 Å². The van der Waals surface area contributed by atoms with Crippen molar-refractivity contribution in [2.24, 2.45) is 0 Å². The van der Waals surface area contributed by atoms with Crippen molar-refractivity contribution in [3.05, 3.63) is 29.8 Å². The smallest absolute Gasteiger partial charge is 0.173 e. The van der Waals surface area contributed by atoms with Crippen LogP contribution in [0.3, 0.4) is 0 Å². The maximum atomic E-state index is 5.46. The van der Waals surface area contributed by atoms with E-state index in [2.05, 4.69) is 55.3 Å². The second-order valence-corrected chi connectivity index (χ2v) is 5.04. The molecule has 1 atom stereocenters. The average Bonchev–Trinajstić information content (AvgIpc) is 2.52. The molecule has 1 N–H and O–H groups in total. The van der Waals surface area contributed by atoms with E-state index in [1.807, 2.05) is 0 Å². The van der Waals surface area contributed by atoms with Gasteiger partial charge < -0.3 is 10.2 Å². The molecule has 86 valence electrons. The molecule has 16 heavy (non-hydrogen) atoms. The van der Waals surface area contributed by atoms with Gasteiger partial charge in [-0.3, -0.25) is 0 Å². The monoisotopic (exact) mass is 234 g/mol. The van der Waals surface area contributed by atoms with Crippen LogP contribution in [0, 0.1) is 0 Å². The minimum atomic E-state index is 0.382. The molecule has 0 unspecified atom stereocenters. The van der Waals surface area contributed by atoms with Crippen LogP contribution in [0.1, 0.15) is 26.3 Å². The van der Waals surface area contributed by atoms with Gasteiger partial charge in [-0.05, 0) is 51.0 Å². The molecule has 0 bridgehead atoms. The molecule has 0 radical (unpaired) electrons. The van der Waals surface area contributed by atoms with Crippen LogP contribution < -0.4 is 10.2 Å². The van der Waals surface area contributed by atoms with Crippen LogP contribution in [0.2, 0.25) is 0 Å². The largest absolute Gasteiger partial charge is 0.360 e. The number of hydrogen-bond acceptors (Lipinski definition) is 1. The lowest BCUT2D eigenvalue weighted by atomic mass is 10.1. The summed E-state index contributed by atoms with van der Waals surface area (Å²) in [6, 6.07) is 9.33. The van der Waals surface area contributed by atoms with Gasteiger partial charge in [0.05, 0.1) is 0 Å². The predicted molar refractivity (Wildman–Crippen MR) is 73.0 cm³/mol. The van der Waals surface area contributed by atoms with Crippen molar-refractivity contribution in [3.63, 3.8) is 0 Å². The molecule has 2 nitrogen and oxygen atoms in total. The first-order valence-electron chi connectivity index (χ1n) is 5.77. The van der Waals surface area contributed by atoms with Crippen molar-refractivity contribution in [1.29, 1.82) is 0 Å². The Morgan fingerprint density at radius 1 is 1.44 bits per heavy atom. The van der Waals surface area contributed by atoms with Gasteiger partial charge in [-0.25, -0.2) is 0 Å². The molecule has 1 heterocycles. The molecule has 1 aromatic rings. The van der Waals surface area contributed by atoms with E-state index in [9.17, 15) is 0 Å². The van der Waals surface area contributed by atoms with E-state index in [4.69, 9.17) is 12.2 Å². The number of hydrogen-bond donors (Lipinski definition) is 1. The number of nitrogens with one attached hydrogen (secondary N) is 1. The highest BCUT2D eigenvalue weighted by Crippen LogP contribution is 2.31. The first-order valence-corrected chi connectivity index (χ1v) is 6.18. The van der Waals surface area contributed by atoms with E-state index in [0.717, 1.165) is 11.5 Å². The summed E-state index contributed by atoms with van der Waals surface area (Å²) in [5.74, 6) is 0. The van der Waals surface area contributed by atoms with Crippen LogP contribution in [-0.4, -0.2) is 17.2 Å². The molecule has 0 aliphatic carbocycles. The first-order chi connectivity index (χ1) is 7.59. The maximum Gasteiger partial charge on any atom is 0.173 e. The molecule has 0 spiro atoms. The molecule has 0 aromatic heterocycles. The fraction of sp³-hybridized carbons (Fsp3) is 0.462. The molecule has 3 heteroatoms. The summed E-state index contributed by atoms with van der Waals surface area (Å²) in [7, 11) is 0. The molecule has 0 fully saturated rings. The normalized spacial score (nSPS) is 18.8. The molecule has 0 amide bonds. The molecule has 1 aromatic carbocycles. The highest BCUT2D eigenvalue weighted by molar-refractivity contribution is 7.80. The molecule has 1 aliphatic rings. The van der Waals surface area contributed by atoms with Crippen molar-refractivity contribution in [3.8, 4) is 0 Å². The fourth-order valence-corrected chi connectivity index (χ4v) is 2.71. The zero-order chi connectivity index (χ0) is 11.7. The van der Waals surface area contributed by atoms with E-state index in [-0.39, 0.29) is 0 Å². The Kier molecular flexibility index (Phi) is 3.15. The van der Waals surface area contributed by atoms with Crippen molar-refractivity contribution in [2.75, 3.05) is 4.90 Å². The topological polar surface area (TPSA) is 15.3 Å². The minimum Gasteiger partial charge on any atom is -0.360 e. The van der Waals surface area contributed by atoms with E-state index in [0.29, 0.717) is 12.1 Å². The maximum absolute atomic E-state index is 5.46. The van der Waals surface area contributed by atoms with Crippen molar-refractivity contribution >= 4 is 23.0 Å². The van der Waals surface area contributed by atoms with Crippen molar-refractivity contribution in [2.45, 2.75) is 39.3 Å². The molecule has 1 aliphatic heterocycles. The number of benzene rings is 1. The lowest BCUT2D eigenvalue weighted by Crippen LogP contribution is -2.45. The second kappa shape index (κ2) is 4.42. The Morgan fingerprint density at radius 3 is 2.81 bits per heavy atom. The van der Waals surface area contributed by atoms with Crippen LogP contribution in [0.4, 0.5) is 5.69 Å². The summed E-state index contributed by atoms with van der Waals surface area (Å²) in [5, 5.41) is 4.15. The summed E-state index contributed by atoms with van der Waals surface area (Å²) in [4.78, 5) is 2.23. The fourth-order valence-electron chi connectivity index (χ4n) is 2.19. The van der Waals surface area contributed by atoms with Gasteiger partial charge in [0.15, 0.2) is 5.11 Å². The van der Waals surface area contributed by atoms with Crippen molar-refractivity contribution < 1.29 is 0 Å². The number of fused-ring (bicyclic) bond motifs is 1. The second-order valence-electron chi connectivity index (χ2n) is 4.66. The van der Waals surface area contributed by atoms with Crippen LogP contribution in [0.15, 0.2) is 24.3 Å². The van der Waals surface area contributed by atoms with E-state index < -0.39 is 0 Å². The minimum absolute atomic E-state index is 0.382. The summed E-state index contributed by atoms with van der Waals surface area (Å²) in [6.07, 6.45) is 1.08. The van der Waals surface area contributed by atoms with Crippen LogP contribution in [-0.2, 0) is 6.42 Å².